The van der Waals surface area contributed by atoms with Crippen LogP contribution >= 0.6 is 12.2 Å². The lowest BCUT2D eigenvalue weighted by molar-refractivity contribution is 0.317. The zero-order valence-corrected chi connectivity index (χ0v) is 10.9. The molecule has 0 radical (unpaired) electrons. The molecule has 5 nitrogen and oxygen atoms in total. The van der Waals surface area contributed by atoms with Crippen LogP contribution in [-0.4, -0.2) is 27.7 Å². The third kappa shape index (κ3) is 3.04. The Balaban J connectivity index is 2.21. The molecule has 0 saturated heterocycles. The van der Waals surface area contributed by atoms with E-state index in [4.69, 9.17) is 17.0 Å². The van der Waals surface area contributed by atoms with E-state index in [9.17, 15) is 0 Å². The van der Waals surface area contributed by atoms with Gasteiger partial charge in [0.05, 0.1) is 12.8 Å². The molecule has 2 rings (SSSR count). The Morgan fingerprint density at radius 3 is 3.06 bits per heavy atom. The van der Waals surface area contributed by atoms with Gasteiger partial charge in [0.2, 0.25) is 4.77 Å². The number of hydrogen-bond acceptors (Lipinski definition) is 4. The third-order valence-electron chi connectivity index (χ3n) is 2.24. The van der Waals surface area contributed by atoms with Crippen LogP contribution in [0.15, 0.2) is 35.7 Å². The summed E-state index contributed by atoms with van der Waals surface area (Å²) in [6.45, 7) is 2.76. The molecule has 18 heavy (non-hydrogen) atoms. The van der Waals surface area contributed by atoms with Crippen LogP contribution in [0.2, 0.25) is 0 Å². The van der Waals surface area contributed by atoms with Gasteiger partial charge in [-0.3, -0.25) is 5.10 Å². The normalized spacial score (nSPS) is 10.9. The van der Waals surface area contributed by atoms with Crippen LogP contribution in [0, 0.1) is 4.77 Å². The molecule has 0 spiro atoms. The van der Waals surface area contributed by atoms with Crippen LogP contribution < -0.4 is 4.74 Å². The topological polar surface area (TPSA) is 55.2 Å². The molecule has 1 heterocycles. The SMILES string of the molecule is CCCOc1ccccc1/C=N\n1cn[nH]c1=S. The molecular weight excluding hydrogens is 248 g/mol. The third-order valence-corrected chi connectivity index (χ3v) is 2.52. The van der Waals surface area contributed by atoms with Gasteiger partial charge in [-0.05, 0) is 30.8 Å². The highest BCUT2D eigenvalue weighted by atomic mass is 32.1. The van der Waals surface area contributed by atoms with Gasteiger partial charge in [-0.1, -0.05) is 19.1 Å². The highest BCUT2D eigenvalue weighted by Gasteiger charge is 1.99. The van der Waals surface area contributed by atoms with E-state index >= 15 is 0 Å². The molecule has 94 valence electrons. The molecular formula is C12H14N4OS. The van der Waals surface area contributed by atoms with E-state index in [0.29, 0.717) is 11.4 Å². The molecule has 1 aromatic carbocycles. The highest BCUT2D eigenvalue weighted by molar-refractivity contribution is 7.71. The minimum Gasteiger partial charge on any atom is -0.493 e. The first-order chi connectivity index (χ1) is 8.81. The second-order valence-electron chi connectivity index (χ2n) is 3.64. The van der Waals surface area contributed by atoms with Crippen molar-refractivity contribution >= 4 is 18.4 Å². The average molecular weight is 262 g/mol. The zero-order chi connectivity index (χ0) is 12.8. The number of aromatic amines is 1. The van der Waals surface area contributed by atoms with Crippen molar-refractivity contribution in [2.45, 2.75) is 13.3 Å². The largest absolute Gasteiger partial charge is 0.493 e. The Labute approximate surface area is 110 Å². The molecule has 0 aliphatic rings. The maximum Gasteiger partial charge on any atom is 0.216 e. The van der Waals surface area contributed by atoms with Crippen molar-refractivity contribution in [3.63, 3.8) is 0 Å². The minimum absolute atomic E-state index is 0.457. The van der Waals surface area contributed by atoms with Crippen molar-refractivity contribution in [1.82, 2.24) is 14.9 Å². The summed E-state index contributed by atoms with van der Waals surface area (Å²) in [6, 6.07) is 7.74. The Morgan fingerprint density at radius 1 is 1.50 bits per heavy atom. The van der Waals surface area contributed by atoms with Gasteiger partial charge in [0.1, 0.15) is 12.1 Å². The lowest BCUT2D eigenvalue weighted by Crippen LogP contribution is -1.99. The van der Waals surface area contributed by atoms with Gasteiger partial charge in [0, 0.05) is 5.56 Å². The Kier molecular flexibility index (Phi) is 4.25. The van der Waals surface area contributed by atoms with E-state index in [0.717, 1.165) is 17.7 Å². The first-order valence-electron chi connectivity index (χ1n) is 5.69. The van der Waals surface area contributed by atoms with Crippen LogP contribution in [-0.2, 0) is 0 Å². The van der Waals surface area contributed by atoms with Gasteiger partial charge in [-0.2, -0.15) is 14.9 Å². The fourth-order valence-corrected chi connectivity index (χ4v) is 1.53. The number of nitrogens with zero attached hydrogens (tertiary/aromatic N) is 3. The first kappa shape index (κ1) is 12.5. The second kappa shape index (κ2) is 6.11. The predicted octanol–water partition coefficient (Wildman–Crippen LogP) is 2.61. The standard InChI is InChI=1S/C12H14N4OS/c1-2-7-17-11-6-4-3-5-10(11)8-14-16-9-13-15-12(16)18/h3-6,8-9H,2,7H2,1H3,(H,15,18)/b14-8-. The summed E-state index contributed by atoms with van der Waals surface area (Å²) in [5.74, 6) is 0.818. The molecule has 1 aromatic heterocycles. The number of benzene rings is 1. The molecule has 0 unspecified atom stereocenters. The van der Waals surface area contributed by atoms with Gasteiger partial charge in [-0.15, -0.1) is 0 Å². The van der Waals surface area contributed by atoms with Gasteiger partial charge in [-0.25, -0.2) is 0 Å². The van der Waals surface area contributed by atoms with Gasteiger partial charge in [0.25, 0.3) is 0 Å². The lowest BCUT2D eigenvalue weighted by atomic mass is 10.2. The number of rotatable bonds is 5. The number of aromatic nitrogens is 3. The Morgan fingerprint density at radius 2 is 2.33 bits per heavy atom. The Hall–Kier alpha value is -1.95. The number of nitrogens with one attached hydrogen (secondary N) is 1. The quantitative estimate of drug-likeness (QED) is 0.665. The van der Waals surface area contributed by atoms with Gasteiger partial charge < -0.3 is 4.74 Å². The van der Waals surface area contributed by atoms with Crippen molar-refractivity contribution < 1.29 is 4.74 Å². The van der Waals surface area contributed by atoms with E-state index in [1.807, 2.05) is 24.3 Å². The lowest BCUT2D eigenvalue weighted by Gasteiger charge is -2.06. The van der Waals surface area contributed by atoms with Crippen molar-refractivity contribution in [2.75, 3.05) is 6.61 Å². The summed E-state index contributed by atoms with van der Waals surface area (Å²) in [5, 5.41) is 10.6. The summed E-state index contributed by atoms with van der Waals surface area (Å²) in [5.41, 5.74) is 0.911. The van der Waals surface area contributed by atoms with Gasteiger partial charge >= 0.3 is 0 Å². The first-order valence-corrected chi connectivity index (χ1v) is 6.10. The smallest absolute Gasteiger partial charge is 0.216 e. The molecule has 0 saturated carbocycles. The predicted molar refractivity (Wildman–Crippen MR) is 72.6 cm³/mol. The molecule has 0 aliphatic heterocycles. The summed E-state index contributed by atoms with van der Waals surface area (Å²) < 4.78 is 7.59. The summed E-state index contributed by atoms with van der Waals surface area (Å²) in [7, 11) is 0. The summed E-state index contributed by atoms with van der Waals surface area (Å²) in [4.78, 5) is 0. The fourth-order valence-electron chi connectivity index (χ4n) is 1.38. The Bertz CT molecular complexity index is 588. The molecule has 0 amide bonds. The molecule has 1 N–H and O–H groups in total. The summed E-state index contributed by atoms with van der Waals surface area (Å²) >= 11 is 5.00. The second-order valence-corrected chi connectivity index (χ2v) is 4.02. The van der Waals surface area contributed by atoms with E-state index in [1.165, 1.54) is 11.0 Å². The van der Waals surface area contributed by atoms with Crippen LogP contribution in [0.5, 0.6) is 5.75 Å². The number of hydrogen-bond donors (Lipinski definition) is 1. The fraction of sp³-hybridized carbons (Fsp3) is 0.250. The number of H-pyrrole nitrogens is 1. The monoisotopic (exact) mass is 262 g/mol. The highest BCUT2D eigenvalue weighted by Crippen LogP contribution is 2.16. The van der Waals surface area contributed by atoms with E-state index in [2.05, 4.69) is 22.2 Å². The van der Waals surface area contributed by atoms with Crippen LogP contribution in [0.1, 0.15) is 18.9 Å². The molecule has 0 fully saturated rings. The van der Waals surface area contributed by atoms with Crippen molar-refractivity contribution in [2.24, 2.45) is 5.10 Å². The van der Waals surface area contributed by atoms with Gasteiger partial charge in [0.15, 0.2) is 0 Å². The number of ether oxygens (including phenoxy) is 1. The molecule has 0 aliphatic carbocycles. The zero-order valence-electron chi connectivity index (χ0n) is 10.0. The average Bonchev–Trinajstić information content (AvgIpc) is 2.80. The van der Waals surface area contributed by atoms with Crippen molar-refractivity contribution in [3.05, 3.63) is 40.9 Å². The van der Waals surface area contributed by atoms with Crippen LogP contribution in [0.3, 0.4) is 0 Å². The molecule has 0 bridgehead atoms. The summed E-state index contributed by atoms with van der Waals surface area (Å²) in [6.07, 6.45) is 4.20. The van der Waals surface area contributed by atoms with Crippen molar-refractivity contribution in [3.8, 4) is 5.75 Å². The molecule has 6 heteroatoms. The maximum atomic E-state index is 5.64. The van der Waals surface area contributed by atoms with Crippen LogP contribution in [0.4, 0.5) is 0 Å². The molecule has 0 atom stereocenters. The number of para-hydroxylation sites is 1. The maximum absolute atomic E-state index is 5.64. The molecule has 2 aromatic rings. The minimum atomic E-state index is 0.457. The van der Waals surface area contributed by atoms with Crippen molar-refractivity contribution in [1.29, 1.82) is 0 Å². The van der Waals surface area contributed by atoms with E-state index in [1.54, 1.807) is 6.21 Å². The van der Waals surface area contributed by atoms with Crippen LogP contribution in [0.25, 0.3) is 0 Å². The van der Waals surface area contributed by atoms with E-state index in [-0.39, 0.29) is 0 Å². The van der Waals surface area contributed by atoms with E-state index < -0.39 is 0 Å².